The first-order chi connectivity index (χ1) is 7.81. The molecule has 0 spiro atoms. The zero-order chi connectivity index (χ0) is 11.8. The van der Waals surface area contributed by atoms with Gasteiger partial charge in [0, 0.05) is 6.42 Å². The molecule has 0 aliphatic heterocycles. The Hall–Kier alpha value is -1.42. The maximum atomic E-state index is 5.26. The van der Waals surface area contributed by atoms with Crippen molar-refractivity contribution in [3.63, 3.8) is 0 Å². The van der Waals surface area contributed by atoms with Crippen LogP contribution in [-0.4, -0.2) is 6.10 Å². The number of hydrogen-bond donors (Lipinski definition) is 0. The van der Waals surface area contributed by atoms with Gasteiger partial charge in [-0.25, -0.2) is 0 Å². The molecule has 0 saturated carbocycles. The van der Waals surface area contributed by atoms with Crippen molar-refractivity contribution in [2.24, 2.45) is 0 Å². The Labute approximate surface area is 98.8 Å². The molecular weight excluding hydrogens is 196 g/mol. The lowest BCUT2D eigenvalue weighted by atomic mass is 9.97. The number of aryl methyl sites for hydroxylation is 1. The van der Waals surface area contributed by atoms with Gasteiger partial charge in [-0.2, -0.15) is 0 Å². The van der Waals surface area contributed by atoms with Crippen molar-refractivity contribution in [3.8, 4) is 12.5 Å². The Morgan fingerprint density at radius 3 is 2.50 bits per heavy atom. The molecule has 0 fully saturated rings. The van der Waals surface area contributed by atoms with Crippen molar-refractivity contribution in [2.45, 2.75) is 45.6 Å². The number of ether oxygens (including phenoxy) is 1. The van der Waals surface area contributed by atoms with Gasteiger partial charge in [0.1, 0.15) is 12.2 Å². The van der Waals surface area contributed by atoms with Crippen molar-refractivity contribution < 1.29 is 4.74 Å². The predicted octanol–water partition coefficient (Wildman–Crippen LogP) is 3.57. The molecule has 1 atom stereocenters. The van der Waals surface area contributed by atoms with E-state index in [-0.39, 0.29) is 6.10 Å². The second kappa shape index (κ2) is 6.95. The van der Waals surface area contributed by atoms with Gasteiger partial charge in [0.05, 0.1) is 0 Å². The monoisotopic (exact) mass is 216 g/mol. The van der Waals surface area contributed by atoms with Crippen LogP contribution in [0, 0.1) is 12.5 Å². The summed E-state index contributed by atoms with van der Waals surface area (Å²) in [5.74, 6) is 0. The molecule has 16 heavy (non-hydrogen) atoms. The van der Waals surface area contributed by atoms with Crippen LogP contribution in [0.3, 0.4) is 0 Å². The third-order valence-corrected chi connectivity index (χ3v) is 2.78. The molecule has 0 radical (unpaired) electrons. The van der Waals surface area contributed by atoms with Crippen molar-refractivity contribution in [1.82, 2.24) is 0 Å². The van der Waals surface area contributed by atoms with Gasteiger partial charge in [0.2, 0.25) is 0 Å². The molecule has 0 aromatic heterocycles. The van der Waals surface area contributed by atoms with Gasteiger partial charge in [-0.15, -0.1) is 0 Å². The first-order valence-electron chi connectivity index (χ1n) is 5.99. The lowest BCUT2D eigenvalue weighted by molar-refractivity contribution is 0.162. The number of benzene rings is 1. The summed E-state index contributed by atoms with van der Waals surface area (Å²) in [5, 5.41) is 0. The van der Waals surface area contributed by atoms with Crippen LogP contribution in [-0.2, 0) is 17.6 Å². The molecule has 0 aliphatic rings. The fraction of sp³-hybridized carbons (Fsp3) is 0.467. The highest BCUT2D eigenvalue weighted by Gasteiger charge is 2.10. The van der Waals surface area contributed by atoms with E-state index in [4.69, 9.17) is 11.2 Å². The summed E-state index contributed by atoms with van der Waals surface area (Å²) in [6, 6.07) is 8.55. The molecular formula is C15H20O. The lowest BCUT2D eigenvalue weighted by Gasteiger charge is -2.15. The Balaban J connectivity index is 2.74. The average Bonchev–Trinajstić information content (AvgIpc) is 2.31. The molecule has 1 aromatic rings. The smallest absolute Gasteiger partial charge is 0.114 e. The highest BCUT2D eigenvalue weighted by Crippen LogP contribution is 2.15. The van der Waals surface area contributed by atoms with Gasteiger partial charge in [-0.05, 0) is 24.0 Å². The number of rotatable bonds is 6. The fourth-order valence-electron chi connectivity index (χ4n) is 1.88. The fourth-order valence-corrected chi connectivity index (χ4v) is 1.88. The Morgan fingerprint density at radius 2 is 1.94 bits per heavy atom. The van der Waals surface area contributed by atoms with E-state index in [2.05, 4.69) is 44.2 Å². The van der Waals surface area contributed by atoms with Gasteiger partial charge < -0.3 is 4.74 Å². The second-order valence-electron chi connectivity index (χ2n) is 3.99. The van der Waals surface area contributed by atoms with E-state index < -0.39 is 0 Å². The normalized spacial score (nSPS) is 11.8. The maximum Gasteiger partial charge on any atom is 0.114 e. The summed E-state index contributed by atoms with van der Waals surface area (Å²) in [6.45, 7) is 4.30. The Kier molecular flexibility index (Phi) is 5.50. The van der Waals surface area contributed by atoms with Crippen molar-refractivity contribution in [2.75, 3.05) is 0 Å². The van der Waals surface area contributed by atoms with E-state index in [1.807, 2.05) is 0 Å². The van der Waals surface area contributed by atoms with E-state index in [0.29, 0.717) is 0 Å². The van der Waals surface area contributed by atoms with E-state index in [0.717, 1.165) is 19.3 Å². The van der Waals surface area contributed by atoms with Gasteiger partial charge in [0.15, 0.2) is 0 Å². The first kappa shape index (κ1) is 12.6. The highest BCUT2D eigenvalue weighted by atomic mass is 16.5. The number of terminal acetylenes is 1. The summed E-state index contributed by atoms with van der Waals surface area (Å²) in [4.78, 5) is 0. The quantitative estimate of drug-likeness (QED) is 0.661. The summed E-state index contributed by atoms with van der Waals surface area (Å²) in [6.07, 6.45) is 11.8. The SMILES string of the molecule is C#COC(CC)Cc1ccccc1CCC. The molecule has 1 rings (SSSR count). The topological polar surface area (TPSA) is 9.23 Å². The summed E-state index contributed by atoms with van der Waals surface area (Å²) < 4.78 is 5.26. The summed E-state index contributed by atoms with van der Waals surface area (Å²) in [7, 11) is 0. The van der Waals surface area contributed by atoms with Gasteiger partial charge >= 0.3 is 0 Å². The van der Waals surface area contributed by atoms with Crippen molar-refractivity contribution >= 4 is 0 Å². The highest BCUT2D eigenvalue weighted by molar-refractivity contribution is 5.27. The van der Waals surface area contributed by atoms with Gasteiger partial charge in [-0.3, -0.25) is 0 Å². The average molecular weight is 216 g/mol. The molecule has 0 aliphatic carbocycles. The minimum atomic E-state index is 0.142. The summed E-state index contributed by atoms with van der Waals surface area (Å²) in [5.41, 5.74) is 2.79. The van der Waals surface area contributed by atoms with Gasteiger partial charge in [0.25, 0.3) is 0 Å². The van der Waals surface area contributed by atoms with Crippen LogP contribution in [0.2, 0.25) is 0 Å². The molecule has 0 heterocycles. The molecule has 1 nitrogen and oxygen atoms in total. The van der Waals surface area contributed by atoms with Crippen LogP contribution < -0.4 is 0 Å². The minimum absolute atomic E-state index is 0.142. The Morgan fingerprint density at radius 1 is 1.25 bits per heavy atom. The van der Waals surface area contributed by atoms with Crippen molar-refractivity contribution in [3.05, 3.63) is 35.4 Å². The van der Waals surface area contributed by atoms with E-state index in [1.54, 1.807) is 0 Å². The van der Waals surface area contributed by atoms with Crippen LogP contribution >= 0.6 is 0 Å². The zero-order valence-corrected chi connectivity index (χ0v) is 10.2. The largest absolute Gasteiger partial charge is 0.443 e. The van der Waals surface area contributed by atoms with E-state index >= 15 is 0 Å². The molecule has 0 bridgehead atoms. The predicted molar refractivity (Wildman–Crippen MR) is 68.1 cm³/mol. The summed E-state index contributed by atoms with van der Waals surface area (Å²) >= 11 is 0. The molecule has 0 amide bonds. The standard InChI is InChI=1S/C15H20O/c1-4-9-13-10-7-8-11-14(13)12-15(5-2)16-6-3/h3,7-8,10-11,15H,4-5,9,12H2,1-2H3. The maximum absolute atomic E-state index is 5.26. The van der Waals surface area contributed by atoms with Crippen molar-refractivity contribution in [1.29, 1.82) is 0 Å². The van der Waals surface area contributed by atoms with Crippen LogP contribution in [0.1, 0.15) is 37.8 Å². The number of hydrogen-bond acceptors (Lipinski definition) is 1. The molecule has 1 heteroatoms. The zero-order valence-electron chi connectivity index (χ0n) is 10.2. The molecule has 0 saturated heterocycles. The van der Waals surface area contributed by atoms with Crippen LogP contribution in [0.5, 0.6) is 0 Å². The lowest BCUT2D eigenvalue weighted by Crippen LogP contribution is -2.13. The Bertz CT molecular complexity index is 349. The van der Waals surface area contributed by atoms with E-state index in [9.17, 15) is 0 Å². The first-order valence-corrected chi connectivity index (χ1v) is 5.99. The van der Waals surface area contributed by atoms with Crippen LogP contribution in [0.4, 0.5) is 0 Å². The third-order valence-electron chi connectivity index (χ3n) is 2.78. The molecule has 1 unspecified atom stereocenters. The minimum Gasteiger partial charge on any atom is -0.443 e. The second-order valence-corrected chi connectivity index (χ2v) is 3.99. The molecule has 0 N–H and O–H groups in total. The van der Waals surface area contributed by atoms with E-state index in [1.165, 1.54) is 17.5 Å². The van der Waals surface area contributed by atoms with Crippen LogP contribution in [0.15, 0.2) is 24.3 Å². The van der Waals surface area contributed by atoms with Crippen LogP contribution in [0.25, 0.3) is 0 Å². The third kappa shape index (κ3) is 3.62. The molecule has 86 valence electrons. The molecule has 1 aromatic carbocycles. The van der Waals surface area contributed by atoms with Gasteiger partial charge in [-0.1, -0.05) is 51.0 Å².